The number of amides is 1. The zero-order valence-electron chi connectivity index (χ0n) is 9.49. The summed E-state index contributed by atoms with van der Waals surface area (Å²) < 4.78 is 0. The maximum atomic E-state index is 11.7. The Kier molecular flexibility index (Phi) is 3.51. The first-order chi connectivity index (χ1) is 7.74. The second-order valence-electron chi connectivity index (χ2n) is 4.26. The van der Waals surface area contributed by atoms with Crippen LogP contribution < -0.4 is 10.6 Å². The van der Waals surface area contributed by atoms with Crippen molar-refractivity contribution < 1.29 is 4.79 Å². The van der Waals surface area contributed by atoms with Gasteiger partial charge in [-0.2, -0.15) is 0 Å². The molecule has 2 rings (SSSR count). The van der Waals surface area contributed by atoms with Crippen molar-refractivity contribution in [3.05, 3.63) is 23.9 Å². The molecule has 4 heteroatoms. The van der Waals surface area contributed by atoms with E-state index in [1.165, 1.54) is 6.42 Å². The summed E-state index contributed by atoms with van der Waals surface area (Å²) in [5.74, 6) is 0.681. The maximum absolute atomic E-state index is 11.7. The first-order valence-corrected chi connectivity index (χ1v) is 5.70. The molecule has 0 spiro atoms. The van der Waals surface area contributed by atoms with Crippen LogP contribution in [-0.2, 0) is 4.79 Å². The summed E-state index contributed by atoms with van der Waals surface area (Å²) in [5.41, 5.74) is 1.10. The van der Waals surface area contributed by atoms with Crippen molar-refractivity contribution in [3.63, 3.8) is 0 Å². The molecule has 0 unspecified atom stereocenters. The van der Waals surface area contributed by atoms with Gasteiger partial charge in [-0.25, -0.2) is 4.98 Å². The number of hydrogen-bond acceptors (Lipinski definition) is 3. The number of carbonyl (C=O) groups excluding carboxylic acids is 1. The molecule has 1 atom stereocenters. The summed E-state index contributed by atoms with van der Waals surface area (Å²) in [6, 6.07) is 4.12. The van der Waals surface area contributed by atoms with Gasteiger partial charge in [0, 0.05) is 18.7 Å². The minimum absolute atomic E-state index is 0.0394. The molecular weight excluding hydrogens is 202 g/mol. The number of anilines is 1. The molecule has 4 nitrogen and oxygen atoms in total. The third kappa shape index (κ3) is 3.03. The summed E-state index contributed by atoms with van der Waals surface area (Å²) in [6.45, 7) is 3.01. The van der Waals surface area contributed by atoms with Crippen LogP contribution in [0.15, 0.2) is 18.3 Å². The zero-order valence-corrected chi connectivity index (χ0v) is 9.49. The fraction of sp³-hybridized carbons (Fsp3) is 0.500. The first-order valence-electron chi connectivity index (χ1n) is 5.70. The monoisotopic (exact) mass is 219 g/mol. The van der Waals surface area contributed by atoms with E-state index < -0.39 is 0 Å². The van der Waals surface area contributed by atoms with E-state index in [2.05, 4.69) is 15.6 Å². The van der Waals surface area contributed by atoms with Gasteiger partial charge in [-0.1, -0.05) is 0 Å². The molecule has 1 saturated heterocycles. The lowest BCUT2D eigenvalue weighted by Gasteiger charge is -2.10. The van der Waals surface area contributed by atoms with Crippen LogP contribution >= 0.6 is 0 Å². The molecule has 0 radical (unpaired) electrons. The minimum atomic E-state index is 0.0394. The summed E-state index contributed by atoms with van der Waals surface area (Å²) in [4.78, 5) is 15.8. The molecule has 2 N–H and O–H groups in total. The average Bonchev–Trinajstić information content (AvgIpc) is 2.70. The fourth-order valence-corrected chi connectivity index (χ4v) is 1.95. The molecule has 86 valence electrons. The average molecular weight is 219 g/mol. The summed E-state index contributed by atoms with van der Waals surface area (Å²) in [6.07, 6.45) is 4.50. The number of rotatable bonds is 3. The highest BCUT2D eigenvalue weighted by Crippen LogP contribution is 2.11. The molecule has 1 aliphatic rings. The molecule has 16 heavy (non-hydrogen) atoms. The summed E-state index contributed by atoms with van der Waals surface area (Å²) in [5, 5.41) is 6.12. The molecule has 1 fully saturated rings. The van der Waals surface area contributed by atoms with E-state index in [-0.39, 0.29) is 5.91 Å². The Balaban J connectivity index is 1.86. The van der Waals surface area contributed by atoms with Crippen LogP contribution in [0, 0.1) is 6.92 Å². The van der Waals surface area contributed by atoms with Gasteiger partial charge < -0.3 is 10.6 Å². The van der Waals surface area contributed by atoms with E-state index in [1.807, 2.05) is 19.1 Å². The third-order valence-corrected chi connectivity index (χ3v) is 2.78. The molecule has 0 bridgehead atoms. The van der Waals surface area contributed by atoms with Crippen LogP contribution in [0.5, 0.6) is 0 Å². The zero-order chi connectivity index (χ0) is 11.4. The van der Waals surface area contributed by atoms with E-state index in [0.29, 0.717) is 18.3 Å². The largest absolute Gasteiger partial charge is 0.313 e. The number of hydrogen-bond donors (Lipinski definition) is 2. The highest BCUT2D eigenvalue weighted by atomic mass is 16.1. The lowest BCUT2D eigenvalue weighted by atomic mass is 10.1. The number of aromatic nitrogens is 1. The normalized spacial score (nSPS) is 19.7. The van der Waals surface area contributed by atoms with Gasteiger partial charge in [-0.05, 0) is 44.0 Å². The maximum Gasteiger partial charge on any atom is 0.227 e. The van der Waals surface area contributed by atoms with Gasteiger partial charge in [-0.15, -0.1) is 0 Å². The fourth-order valence-electron chi connectivity index (χ4n) is 1.95. The van der Waals surface area contributed by atoms with Gasteiger partial charge in [0.15, 0.2) is 0 Å². The predicted molar refractivity (Wildman–Crippen MR) is 63.2 cm³/mol. The molecule has 1 amide bonds. The number of nitrogens with one attached hydrogen (secondary N) is 2. The number of carbonyl (C=O) groups is 1. The van der Waals surface area contributed by atoms with Gasteiger partial charge in [0.2, 0.25) is 5.91 Å². The van der Waals surface area contributed by atoms with Gasteiger partial charge in [0.05, 0.1) is 0 Å². The Morgan fingerprint density at radius 3 is 3.25 bits per heavy atom. The van der Waals surface area contributed by atoms with Crippen LogP contribution in [0.25, 0.3) is 0 Å². The third-order valence-electron chi connectivity index (χ3n) is 2.78. The lowest BCUT2D eigenvalue weighted by Crippen LogP contribution is -2.27. The van der Waals surface area contributed by atoms with Crippen LogP contribution in [0.4, 0.5) is 5.82 Å². The predicted octanol–water partition coefficient (Wildman–Crippen LogP) is 1.47. The van der Waals surface area contributed by atoms with Gasteiger partial charge in [0.25, 0.3) is 0 Å². The minimum Gasteiger partial charge on any atom is -0.313 e. The van der Waals surface area contributed by atoms with Gasteiger partial charge in [0.1, 0.15) is 5.82 Å². The molecule has 0 aliphatic carbocycles. The molecule has 2 heterocycles. The van der Waals surface area contributed by atoms with E-state index >= 15 is 0 Å². The van der Waals surface area contributed by atoms with Crippen molar-refractivity contribution in [1.82, 2.24) is 10.3 Å². The van der Waals surface area contributed by atoms with Crippen molar-refractivity contribution in [2.75, 3.05) is 11.9 Å². The van der Waals surface area contributed by atoms with E-state index in [9.17, 15) is 4.79 Å². The van der Waals surface area contributed by atoms with Crippen LogP contribution in [0.3, 0.4) is 0 Å². The van der Waals surface area contributed by atoms with Crippen molar-refractivity contribution in [2.24, 2.45) is 0 Å². The molecule has 1 aromatic heterocycles. The lowest BCUT2D eigenvalue weighted by molar-refractivity contribution is -0.116. The molecule has 1 aromatic rings. The van der Waals surface area contributed by atoms with Crippen molar-refractivity contribution in [2.45, 2.75) is 32.2 Å². The first kappa shape index (κ1) is 11.1. The second-order valence-corrected chi connectivity index (χ2v) is 4.26. The van der Waals surface area contributed by atoms with Gasteiger partial charge >= 0.3 is 0 Å². The second kappa shape index (κ2) is 5.07. The van der Waals surface area contributed by atoms with Crippen molar-refractivity contribution in [1.29, 1.82) is 0 Å². The number of pyridine rings is 1. The quantitative estimate of drug-likeness (QED) is 0.809. The van der Waals surface area contributed by atoms with Crippen molar-refractivity contribution >= 4 is 11.7 Å². The number of aryl methyl sites for hydroxylation is 1. The Morgan fingerprint density at radius 1 is 1.69 bits per heavy atom. The summed E-state index contributed by atoms with van der Waals surface area (Å²) >= 11 is 0. The molecule has 0 saturated carbocycles. The molecular formula is C12H17N3O. The molecule has 1 aliphatic heterocycles. The Labute approximate surface area is 95.5 Å². The van der Waals surface area contributed by atoms with Crippen LogP contribution in [0.2, 0.25) is 0 Å². The number of nitrogens with zero attached hydrogens (tertiary/aromatic N) is 1. The summed E-state index contributed by atoms with van der Waals surface area (Å²) in [7, 11) is 0. The standard InChI is InChI=1S/C12H17N3O/c1-9-4-6-14-11(7-9)15-12(16)8-10-3-2-5-13-10/h4,6-7,10,13H,2-3,5,8H2,1H3,(H,14,15,16)/t10-/m1/s1. The van der Waals surface area contributed by atoms with Crippen LogP contribution in [-0.4, -0.2) is 23.5 Å². The Bertz CT molecular complexity index is 372. The SMILES string of the molecule is Cc1ccnc(NC(=O)C[C@H]2CCCN2)c1. The van der Waals surface area contributed by atoms with E-state index in [4.69, 9.17) is 0 Å². The molecule has 0 aromatic carbocycles. The Morgan fingerprint density at radius 2 is 2.56 bits per heavy atom. The van der Waals surface area contributed by atoms with Crippen molar-refractivity contribution in [3.8, 4) is 0 Å². The van der Waals surface area contributed by atoms with E-state index in [0.717, 1.165) is 18.5 Å². The highest BCUT2D eigenvalue weighted by molar-refractivity contribution is 5.90. The smallest absolute Gasteiger partial charge is 0.227 e. The van der Waals surface area contributed by atoms with Crippen LogP contribution in [0.1, 0.15) is 24.8 Å². The van der Waals surface area contributed by atoms with E-state index in [1.54, 1.807) is 6.20 Å². The highest BCUT2D eigenvalue weighted by Gasteiger charge is 2.17. The Hall–Kier alpha value is -1.42. The van der Waals surface area contributed by atoms with Gasteiger partial charge in [-0.3, -0.25) is 4.79 Å². The topological polar surface area (TPSA) is 54.0 Å².